The molecule has 0 aliphatic heterocycles. The molecule has 0 atom stereocenters. The first kappa shape index (κ1) is 15.6. The summed E-state index contributed by atoms with van der Waals surface area (Å²) in [5.74, 6) is -0.182. The molecule has 6 heteroatoms. The van der Waals surface area contributed by atoms with Gasteiger partial charge >= 0.3 is 5.97 Å². The molecule has 0 fully saturated rings. The molecule has 0 bridgehead atoms. The SMILES string of the molecule is O=C(OCc1cc(-c2ccccc2)no1)c1c(Cl)cccc1Cl. The van der Waals surface area contributed by atoms with E-state index >= 15 is 0 Å². The normalized spacial score (nSPS) is 10.5. The van der Waals surface area contributed by atoms with E-state index in [0.717, 1.165) is 5.56 Å². The first-order valence-corrected chi connectivity index (χ1v) is 7.53. The van der Waals surface area contributed by atoms with Gasteiger partial charge in [-0.3, -0.25) is 0 Å². The molecule has 0 spiro atoms. The van der Waals surface area contributed by atoms with Crippen LogP contribution in [-0.4, -0.2) is 11.1 Å². The Morgan fingerprint density at radius 1 is 1.04 bits per heavy atom. The number of halogens is 2. The minimum absolute atomic E-state index is 0.0553. The summed E-state index contributed by atoms with van der Waals surface area (Å²) in [6.45, 7) is -0.0553. The minimum atomic E-state index is -0.613. The molecular weight excluding hydrogens is 337 g/mol. The molecule has 0 amide bonds. The van der Waals surface area contributed by atoms with Gasteiger partial charge in [0.2, 0.25) is 0 Å². The second-order valence-electron chi connectivity index (χ2n) is 4.72. The van der Waals surface area contributed by atoms with E-state index in [1.165, 1.54) is 0 Å². The highest BCUT2D eigenvalue weighted by atomic mass is 35.5. The predicted molar refractivity (Wildman–Crippen MR) is 87.5 cm³/mol. The third-order valence-electron chi connectivity index (χ3n) is 3.14. The summed E-state index contributed by atoms with van der Waals surface area (Å²) in [7, 11) is 0. The maximum absolute atomic E-state index is 12.1. The molecule has 23 heavy (non-hydrogen) atoms. The number of hydrogen-bond acceptors (Lipinski definition) is 4. The minimum Gasteiger partial charge on any atom is -0.454 e. The fraction of sp³-hybridized carbons (Fsp3) is 0.0588. The Kier molecular flexibility index (Phi) is 4.65. The Hall–Kier alpha value is -2.30. The van der Waals surface area contributed by atoms with E-state index in [1.54, 1.807) is 24.3 Å². The average Bonchev–Trinajstić information content (AvgIpc) is 3.02. The number of nitrogens with zero attached hydrogens (tertiary/aromatic N) is 1. The van der Waals surface area contributed by atoms with Crippen molar-refractivity contribution in [3.63, 3.8) is 0 Å². The lowest BCUT2D eigenvalue weighted by Crippen LogP contribution is -2.06. The van der Waals surface area contributed by atoms with E-state index in [4.69, 9.17) is 32.5 Å². The maximum atomic E-state index is 12.1. The van der Waals surface area contributed by atoms with Gasteiger partial charge in [-0.15, -0.1) is 0 Å². The second kappa shape index (κ2) is 6.86. The summed E-state index contributed by atoms with van der Waals surface area (Å²) < 4.78 is 10.4. The van der Waals surface area contributed by atoms with Crippen LogP contribution >= 0.6 is 23.2 Å². The van der Waals surface area contributed by atoms with Crippen LogP contribution in [0, 0.1) is 0 Å². The van der Waals surface area contributed by atoms with Crippen LogP contribution in [0.25, 0.3) is 11.3 Å². The van der Waals surface area contributed by atoms with Gasteiger partial charge in [-0.25, -0.2) is 4.79 Å². The third-order valence-corrected chi connectivity index (χ3v) is 3.77. The van der Waals surface area contributed by atoms with Crippen LogP contribution < -0.4 is 0 Å². The Morgan fingerprint density at radius 3 is 2.43 bits per heavy atom. The lowest BCUT2D eigenvalue weighted by atomic mass is 10.1. The summed E-state index contributed by atoms with van der Waals surface area (Å²) in [5.41, 5.74) is 1.73. The molecule has 1 heterocycles. The summed E-state index contributed by atoms with van der Waals surface area (Å²) in [4.78, 5) is 12.1. The van der Waals surface area contributed by atoms with Crippen molar-refractivity contribution in [3.8, 4) is 11.3 Å². The topological polar surface area (TPSA) is 52.3 Å². The van der Waals surface area contributed by atoms with Gasteiger partial charge in [-0.1, -0.05) is 64.8 Å². The Balaban J connectivity index is 1.70. The van der Waals surface area contributed by atoms with Crippen LogP contribution in [0.15, 0.2) is 59.1 Å². The number of ether oxygens (including phenoxy) is 1. The van der Waals surface area contributed by atoms with Crippen molar-refractivity contribution in [2.45, 2.75) is 6.61 Å². The maximum Gasteiger partial charge on any atom is 0.341 e. The zero-order valence-electron chi connectivity index (χ0n) is 11.8. The van der Waals surface area contributed by atoms with Gasteiger partial charge in [0, 0.05) is 11.6 Å². The molecule has 0 N–H and O–H groups in total. The molecule has 0 unspecified atom stereocenters. The van der Waals surface area contributed by atoms with Crippen molar-refractivity contribution in [1.29, 1.82) is 0 Å². The Labute approximate surface area is 142 Å². The summed E-state index contributed by atoms with van der Waals surface area (Å²) in [6, 6.07) is 16.1. The highest BCUT2D eigenvalue weighted by Gasteiger charge is 2.17. The first-order valence-electron chi connectivity index (χ1n) is 6.77. The molecule has 1 aromatic heterocycles. The van der Waals surface area contributed by atoms with Crippen LogP contribution in [0.1, 0.15) is 16.1 Å². The quantitative estimate of drug-likeness (QED) is 0.622. The molecular formula is C17H11Cl2NO3. The molecule has 0 aliphatic carbocycles. The van der Waals surface area contributed by atoms with E-state index in [0.29, 0.717) is 11.5 Å². The smallest absolute Gasteiger partial charge is 0.341 e. The van der Waals surface area contributed by atoms with Crippen LogP contribution in [0.5, 0.6) is 0 Å². The van der Waals surface area contributed by atoms with Gasteiger partial charge in [0.25, 0.3) is 0 Å². The molecule has 0 aliphatic rings. The summed E-state index contributed by atoms with van der Waals surface area (Å²) in [6.07, 6.45) is 0. The van der Waals surface area contributed by atoms with Gasteiger partial charge in [-0.05, 0) is 12.1 Å². The van der Waals surface area contributed by atoms with Crippen LogP contribution in [-0.2, 0) is 11.3 Å². The molecule has 116 valence electrons. The lowest BCUT2D eigenvalue weighted by molar-refractivity contribution is 0.0438. The lowest BCUT2D eigenvalue weighted by Gasteiger charge is -2.06. The molecule has 0 radical (unpaired) electrons. The zero-order valence-corrected chi connectivity index (χ0v) is 13.3. The largest absolute Gasteiger partial charge is 0.454 e. The molecule has 0 saturated heterocycles. The number of esters is 1. The van der Waals surface area contributed by atoms with Crippen molar-refractivity contribution in [2.24, 2.45) is 0 Å². The Morgan fingerprint density at radius 2 is 1.74 bits per heavy atom. The van der Waals surface area contributed by atoms with E-state index in [2.05, 4.69) is 5.16 Å². The van der Waals surface area contributed by atoms with Crippen LogP contribution in [0.2, 0.25) is 10.0 Å². The highest BCUT2D eigenvalue weighted by molar-refractivity contribution is 6.39. The number of rotatable bonds is 4. The van der Waals surface area contributed by atoms with Crippen molar-refractivity contribution >= 4 is 29.2 Å². The van der Waals surface area contributed by atoms with Gasteiger partial charge in [0.05, 0.1) is 15.6 Å². The molecule has 2 aromatic carbocycles. The number of hydrogen-bond donors (Lipinski definition) is 0. The third kappa shape index (κ3) is 3.55. The van der Waals surface area contributed by atoms with E-state index in [1.807, 2.05) is 30.3 Å². The number of aromatic nitrogens is 1. The van der Waals surface area contributed by atoms with Gasteiger partial charge in [0.15, 0.2) is 12.4 Å². The second-order valence-corrected chi connectivity index (χ2v) is 5.53. The van der Waals surface area contributed by atoms with Crippen molar-refractivity contribution in [1.82, 2.24) is 5.16 Å². The van der Waals surface area contributed by atoms with Crippen molar-refractivity contribution < 1.29 is 14.1 Å². The fourth-order valence-electron chi connectivity index (χ4n) is 2.03. The standard InChI is InChI=1S/C17H11Cl2NO3/c18-13-7-4-8-14(19)16(13)17(21)22-10-12-9-15(20-23-12)11-5-2-1-3-6-11/h1-9H,10H2. The van der Waals surface area contributed by atoms with E-state index in [-0.39, 0.29) is 22.2 Å². The highest BCUT2D eigenvalue weighted by Crippen LogP contribution is 2.25. The fourth-order valence-corrected chi connectivity index (χ4v) is 2.58. The number of carbonyl (C=O) groups is 1. The first-order chi connectivity index (χ1) is 11.1. The van der Waals surface area contributed by atoms with Gasteiger partial charge in [-0.2, -0.15) is 0 Å². The molecule has 3 aromatic rings. The predicted octanol–water partition coefficient (Wildman–Crippen LogP) is 5.01. The molecule has 0 saturated carbocycles. The summed E-state index contributed by atoms with van der Waals surface area (Å²) >= 11 is 11.9. The molecule has 3 rings (SSSR count). The van der Waals surface area contributed by atoms with E-state index in [9.17, 15) is 4.79 Å². The van der Waals surface area contributed by atoms with Crippen LogP contribution in [0.3, 0.4) is 0 Å². The van der Waals surface area contributed by atoms with Crippen molar-refractivity contribution in [3.05, 3.63) is 76.0 Å². The van der Waals surface area contributed by atoms with Gasteiger partial charge in [0.1, 0.15) is 5.69 Å². The average molecular weight is 348 g/mol. The number of carbonyl (C=O) groups excluding carboxylic acids is 1. The number of benzene rings is 2. The summed E-state index contributed by atoms with van der Waals surface area (Å²) in [5, 5.41) is 4.44. The van der Waals surface area contributed by atoms with Crippen molar-refractivity contribution in [2.75, 3.05) is 0 Å². The van der Waals surface area contributed by atoms with E-state index < -0.39 is 5.97 Å². The monoisotopic (exact) mass is 347 g/mol. The molecule has 4 nitrogen and oxygen atoms in total. The van der Waals surface area contributed by atoms with Crippen LogP contribution in [0.4, 0.5) is 0 Å². The Bertz CT molecular complexity index is 811. The zero-order chi connectivity index (χ0) is 16.2. The van der Waals surface area contributed by atoms with Gasteiger partial charge < -0.3 is 9.26 Å².